The molecule has 0 aliphatic heterocycles. The third-order valence-electron chi connectivity index (χ3n) is 3.84. The van der Waals surface area contributed by atoms with E-state index in [1.54, 1.807) is 0 Å². The molecule has 1 fully saturated rings. The second kappa shape index (κ2) is 6.70. The first-order chi connectivity index (χ1) is 9.22. The quantitative estimate of drug-likeness (QED) is 0.562. The first-order valence-electron chi connectivity index (χ1n) is 7.34. The van der Waals surface area contributed by atoms with Crippen LogP contribution in [0.15, 0.2) is 6.07 Å². The van der Waals surface area contributed by atoms with Crippen LogP contribution in [0.1, 0.15) is 51.8 Å². The molecule has 1 aromatic heterocycles. The maximum Gasteiger partial charge on any atom is 0.145 e. The van der Waals surface area contributed by atoms with Gasteiger partial charge in [0.15, 0.2) is 0 Å². The summed E-state index contributed by atoms with van der Waals surface area (Å²) in [5.74, 6) is 8.61. The summed E-state index contributed by atoms with van der Waals surface area (Å²) in [4.78, 5) is 8.95. The molecule has 0 radical (unpaired) electrons. The van der Waals surface area contributed by atoms with Crippen molar-refractivity contribution >= 4 is 11.6 Å². The molecule has 5 nitrogen and oxygen atoms in total. The predicted octanol–water partition coefficient (Wildman–Crippen LogP) is 2.71. The minimum Gasteiger partial charge on any atom is -0.367 e. The number of hydrazine groups is 1. The molecule has 5 heteroatoms. The summed E-state index contributed by atoms with van der Waals surface area (Å²) in [7, 11) is 0. The summed E-state index contributed by atoms with van der Waals surface area (Å²) >= 11 is 0. The molecule has 2 unspecified atom stereocenters. The topological polar surface area (TPSA) is 75.9 Å². The Bertz CT molecular complexity index is 407. The zero-order chi connectivity index (χ0) is 13.7. The van der Waals surface area contributed by atoms with E-state index in [2.05, 4.69) is 34.6 Å². The number of nitrogens with one attached hydrogen (secondary N) is 2. The molecule has 0 saturated heterocycles. The average Bonchev–Trinajstić information content (AvgIpc) is 2.41. The molecule has 0 aromatic carbocycles. The lowest BCUT2D eigenvalue weighted by atomic mass is 9.86. The molecular weight excluding hydrogens is 238 g/mol. The Kier molecular flexibility index (Phi) is 4.96. The fourth-order valence-corrected chi connectivity index (χ4v) is 2.70. The maximum absolute atomic E-state index is 5.48. The van der Waals surface area contributed by atoms with Crippen molar-refractivity contribution in [1.29, 1.82) is 0 Å². The number of nitrogens with zero attached hydrogens (tertiary/aromatic N) is 2. The number of nitrogen functional groups attached to an aromatic ring is 1. The van der Waals surface area contributed by atoms with Gasteiger partial charge in [0, 0.05) is 18.5 Å². The first-order valence-corrected chi connectivity index (χ1v) is 7.34. The van der Waals surface area contributed by atoms with Crippen molar-refractivity contribution in [2.75, 3.05) is 10.7 Å². The second-order valence-electron chi connectivity index (χ2n) is 5.46. The van der Waals surface area contributed by atoms with Gasteiger partial charge in [0.1, 0.15) is 17.5 Å². The number of hydrogen-bond acceptors (Lipinski definition) is 5. The average molecular weight is 263 g/mol. The lowest BCUT2D eigenvalue weighted by molar-refractivity contribution is 0.349. The summed E-state index contributed by atoms with van der Waals surface area (Å²) in [5, 5.41) is 3.56. The molecule has 1 saturated carbocycles. The molecule has 1 aliphatic carbocycles. The van der Waals surface area contributed by atoms with E-state index in [1.165, 1.54) is 25.7 Å². The van der Waals surface area contributed by atoms with E-state index in [4.69, 9.17) is 5.84 Å². The Morgan fingerprint density at radius 3 is 2.68 bits per heavy atom. The number of rotatable bonds is 5. The van der Waals surface area contributed by atoms with Crippen molar-refractivity contribution in [3.8, 4) is 0 Å². The first kappa shape index (κ1) is 14.1. The molecular formula is C14H25N5. The number of nitrogens with two attached hydrogens (primary N) is 1. The Morgan fingerprint density at radius 1 is 1.26 bits per heavy atom. The van der Waals surface area contributed by atoms with E-state index in [1.807, 2.05) is 6.07 Å². The van der Waals surface area contributed by atoms with Gasteiger partial charge in [-0.05, 0) is 25.2 Å². The summed E-state index contributed by atoms with van der Waals surface area (Å²) in [6.45, 7) is 4.44. The van der Waals surface area contributed by atoms with Crippen molar-refractivity contribution in [2.24, 2.45) is 11.8 Å². The summed E-state index contributed by atoms with van der Waals surface area (Å²) in [6, 6.07) is 2.41. The highest BCUT2D eigenvalue weighted by atomic mass is 15.3. The Balaban J connectivity index is 2.11. The van der Waals surface area contributed by atoms with E-state index < -0.39 is 0 Å². The van der Waals surface area contributed by atoms with E-state index in [9.17, 15) is 0 Å². The Morgan fingerprint density at radius 2 is 2.00 bits per heavy atom. The highest BCUT2D eigenvalue weighted by Crippen LogP contribution is 2.26. The van der Waals surface area contributed by atoms with Crippen molar-refractivity contribution in [2.45, 2.75) is 58.4 Å². The minimum atomic E-state index is 0.517. The van der Waals surface area contributed by atoms with Gasteiger partial charge in [-0.15, -0.1) is 0 Å². The largest absolute Gasteiger partial charge is 0.367 e. The maximum atomic E-state index is 5.48. The van der Waals surface area contributed by atoms with E-state index in [0.717, 1.165) is 24.5 Å². The van der Waals surface area contributed by atoms with Crippen LogP contribution in [0.2, 0.25) is 0 Å². The van der Waals surface area contributed by atoms with Crippen LogP contribution >= 0.6 is 0 Å². The molecule has 19 heavy (non-hydrogen) atoms. The van der Waals surface area contributed by atoms with Gasteiger partial charge in [0.2, 0.25) is 0 Å². The van der Waals surface area contributed by atoms with Gasteiger partial charge in [-0.25, -0.2) is 15.8 Å². The van der Waals surface area contributed by atoms with Crippen LogP contribution in [0.3, 0.4) is 0 Å². The van der Waals surface area contributed by atoms with E-state index >= 15 is 0 Å². The SMILES string of the molecule is CCCc1nc(NN)cc(NC2CCCCC2C)n1. The Hall–Kier alpha value is -1.36. The predicted molar refractivity (Wildman–Crippen MR) is 78.9 cm³/mol. The molecule has 2 atom stereocenters. The van der Waals surface area contributed by atoms with E-state index in [0.29, 0.717) is 17.8 Å². The third kappa shape index (κ3) is 3.80. The molecule has 2 rings (SSSR count). The number of aryl methyl sites for hydroxylation is 1. The minimum absolute atomic E-state index is 0.517. The lowest BCUT2D eigenvalue weighted by Gasteiger charge is -2.30. The van der Waals surface area contributed by atoms with Gasteiger partial charge in [0.25, 0.3) is 0 Å². The fourth-order valence-electron chi connectivity index (χ4n) is 2.70. The van der Waals surface area contributed by atoms with Crippen LogP contribution in [-0.4, -0.2) is 16.0 Å². The van der Waals surface area contributed by atoms with Gasteiger partial charge in [-0.3, -0.25) is 0 Å². The Labute approximate surface area is 115 Å². The summed E-state index contributed by atoms with van der Waals surface area (Å²) in [6.07, 6.45) is 7.08. The molecule has 106 valence electrons. The van der Waals surface area contributed by atoms with Crippen LogP contribution in [0.25, 0.3) is 0 Å². The van der Waals surface area contributed by atoms with Crippen LogP contribution < -0.4 is 16.6 Å². The monoisotopic (exact) mass is 263 g/mol. The second-order valence-corrected chi connectivity index (χ2v) is 5.46. The molecule has 0 spiro atoms. The van der Waals surface area contributed by atoms with Crippen LogP contribution in [-0.2, 0) is 6.42 Å². The van der Waals surface area contributed by atoms with Crippen molar-refractivity contribution in [1.82, 2.24) is 9.97 Å². The van der Waals surface area contributed by atoms with Crippen LogP contribution in [0.5, 0.6) is 0 Å². The van der Waals surface area contributed by atoms with Crippen molar-refractivity contribution < 1.29 is 0 Å². The van der Waals surface area contributed by atoms with Crippen molar-refractivity contribution in [3.05, 3.63) is 11.9 Å². The lowest BCUT2D eigenvalue weighted by Crippen LogP contribution is -2.31. The third-order valence-corrected chi connectivity index (χ3v) is 3.84. The highest BCUT2D eigenvalue weighted by molar-refractivity contribution is 5.47. The smallest absolute Gasteiger partial charge is 0.145 e. The van der Waals surface area contributed by atoms with Crippen molar-refractivity contribution in [3.63, 3.8) is 0 Å². The van der Waals surface area contributed by atoms with Crippen LogP contribution in [0, 0.1) is 5.92 Å². The molecule has 0 bridgehead atoms. The van der Waals surface area contributed by atoms with Crippen LogP contribution in [0.4, 0.5) is 11.6 Å². The zero-order valence-corrected chi connectivity index (χ0v) is 11.9. The standard InChI is InChI=1S/C14H25N5/c1-3-6-12-17-13(9-14(18-12)19-15)16-11-8-5-4-7-10(11)2/h9-11H,3-8,15H2,1-2H3,(H2,16,17,18,19). The molecule has 1 heterocycles. The van der Waals surface area contributed by atoms with Gasteiger partial charge in [-0.2, -0.15) is 0 Å². The van der Waals surface area contributed by atoms with Gasteiger partial charge < -0.3 is 10.7 Å². The fraction of sp³-hybridized carbons (Fsp3) is 0.714. The summed E-state index contributed by atoms with van der Waals surface area (Å²) < 4.78 is 0. The van der Waals surface area contributed by atoms with E-state index in [-0.39, 0.29) is 0 Å². The van der Waals surface area contributed by atoms with Gasteiger partial charge in [0.05, 0.1) is 0 Å². The number of hydrogen-bond donors (Lipinski definition) is 3. The molecule has 1 aliphatic rings. The number of anilines is 2. The summed E-state index contributed by atoms with van der Waals surface area (Å²) in [5.41, 5.74) is 2.62. The molecule has 4 N–H and O–H groups in total. The number of aromatic nitrogens is 2. The van der Waals surface area contributed by atoms with Gasteiger partial charge >= 0.3 is 0 Å². The normalized spacial score (nSPS) is 23.1. The molecule has 1 aromatic rings. The van der Waals surface area contributed by atoms with Gasteiger partial charge in [-0.1, -0.05) is 26.7 Å². The highest BCUT2D eigenvalue weighted by Gasteiger charge is 2.21. The zero-order valence-electron chi connectivity index (χ0n) is 11.9. The molecule has 0 amide bonds.